The molecule has 0 amide bonds. The Morgan fingerprint density at radius 2 is 2.19 bits per heavy atom. The minimum Gasteiger partial charge on any atom is -0.508 e. The van der Waals surface area contributed by atoms with Gasteiger partial charge in [-0.3, -0.25) is 4.79 Å². The van der Waals surface area contributed by atoms with Crippen molar-refractivity contribution in [2.45, 2.75) is 19.3 Å². The average Bonchev–Trinajstić information content (AvgIpc) is 2.22. The molecule has 4 N–H and O–H groups in total. The van der Waals surface area contributed by atoms with Gasteiger partial charge in [0.2, 0.25) is 0 Å². The van der Waals surface area contributed by atoms with E-state index in [0.29, 0.717) is 0 Å². The normalized spacial score (nSPS) is 12.4. The molecule has 0 fully saturated rings. The van der Waals surface area contributed by atoms with E-state index in [1.165, 1.54) is 13.0 Å². The molecule has 16 heavy (non-hydrogen) atoms. The zero-order chi connectivity index (χ0) is 12.3. The molecule has 0 radical (unpaired) electrons. The molecule has 5 heteroatoms. The van der Waals surface area contributed by atoms with Crippen LogP contribution < -0.4 is 5.73 Å². The molecule has 1 aromatic carbocycles. The van der Waals surface area contributed by atoms with Crippen LogP contribution in [0.4, 0.5) is 4.39 Å². The van der Waals surface area contributed by atoms with Gasteiger partial charge in [-0.1, -0.05) is 0 Å². The third-order valence-electron chi connectivity index (χ3n) is 2.54. The summed E-state index contributed by atoms with van der Waals surface area (Å²) in [5, 5.41) is 18.3. The van der Waals surface area contributed by atoms with Gasteiger partial charge < -0.3 is 15.9 Å². The number of phenolic OH excluding ortho intramolecular Hbond substituents is 1. The van der Waals surface area contributed by atoms with E-state index in [-0.39, 0.29) is 29.8 Å². The number of hydrogen-bond acceptors (Lipinski definition) is 3. The lowest BCUT2D eigenvalue weighted by atomic mass is 9.91. The summed E-state index contributed by atoms with van der Waals surface area (Å²) < 4.78 is 13.3. The highest BCUT2D eigenvalue weighted by atomic mass is 19.1. The summed E-state index contributed by atoms with van der Waals surface area (Å²) in [5.74, 6) is -2.20. The summed E-state index contributed by atoms with van der Waals surface area (Å²) in [7, 11) is 0. The maximum Gasteiger partial charge on any atom is 0.304 e. The molecule has 0 saturated carbocycles. The number of carboxylic acid groups (broad SMARTS) is 1. The van der Waals surface area contributed by atoms with Gasteiger partial charge in [0.05, 0.1) is 6.42 Å². The van der Waals surface area contributed by atoms with Crippen molar-refractivity contribution in [3.05, 3.63) is 29.1 Å². The van der Waals surface area contributed by atoms with Gasteiger partial charge in [0.1, 0.15) is 11.6 Å². The Hall–Kier alpha value is -1.62. The zero-order valence-corrected chi connectivity index (χ0v) is 8.90. The van der Waals surface area contributed by atoms with E-state index in [2.05, 4.69) is 0 Å². The lowest BCUT2D eigenvalue weighted by molar-refractivity contribution is -0.137. The predicted octanol–water partition coefficient (Wildman–Crippen LogP) is 1.36. The maximum absolute atomic E-state index is 13.3. The molecule has 4 nitrogen and oxygen atoms in total. The van der Waals surface area contributed by atoms with Crippen molar-refractivity contribution < 1.29 is 19.4 Å². The average molecular weight is 227 g/mol. The molecule has 0 aliphatic rings. The van der Waals surface area contributed by atoms with E-state index in [1.807, 2.05) is 0 Å². The first kappa shape index (κ1) is 12.4. The zero-order valence-electron chi connectivity index (χ0n) is 8.90. The van der Waals surface area contributed by atoms with Crippen LogP contribution in [-0.4, -0.2) is 22.7 Å². The van der Waals surface area contributed by atoms with Gasteiger partial charge in [-0.2, -0.15) is 0 Å². The molecule has 0 spiro atoms. The number of halogens is 1. The summed E-state index contributed by atoms with van der Waals surface area (Å²) >= 11 is 0. The Balaban J connectivity index is 3.18. The Morgan fingerprint density at radius 3 is 2.69 bits per heavy atom. The van der Waals surface area contributed by atoms with E-state index in [9.17, 15) is 14.3 Å². The minimum absolute atomic E-state index is 0.0458. The van der Waals surface area contributed by atoms with Gasteiger partial charge >= 0.3 is 5.97 Å². The summed E-state index contributed by atoms with van der Waals surface area (Å²) in [4.78, 5) is 10.6. The van der Waals surface area contributed by atoms with Crippen LogP contribution in [0.5, 0.6) is 5.75 Å². The molecule has 0 aliphatic carbocycles. The molecule has 0 saturated heterocycles. The fourth-order valence-corrected chi connectivity index (χ4v) is 1.72. The smallest absolute Gasteiger partial charge is 0.304 e. The van der Waals surface area contributed by atoms with Crippen molar-refractivity contribution in [2.24, 2.45) is 5.73 Å². The Kier molecular flexibility index (Phi) is 3.84. The third-order valence-corrected chi connectivity index (χ3v) is 2.54. The number of rotatable bonds is 4. The van der Waals surface area contributed by atoms with Gasteiger partial charge in [-0.25, -0.2) is 4.39 Å². The molecule has 0 bridgehead atoms. The first-order valence-corrected chi connectivity index (χ1v) is 4.87. The molecule has 1 unspecified atom stereocenters. The summed E-state index contributed by atoms with van der Waals surface area (Å²) in [6.07, 6.45) is -0.228. The third kappa shape index (κ3) is 2.49. The van der Waals surface area contributed by atoms with Crippen LogP contribution >= 0.6 is 0 Å². The second-order valence-electron chi connectivity index (χ2n) is 3.64. The lowest BCUT2D eigenvalue weighted by Crippen LogP contribution is -2.17. The van der Waals surface area contributed by atoms with Crippen LogP contribution in [0.1, 0.15) is 23.5 Å². The van der Waals surface area contributed by atoms with Crippen molar-refractivity contribution in [1.82, 2.24) is 0 Å². The van der Waals surface area contributed by atoms with Crippen LogP contribution in [-0.2, 0) is 4.79 Å². The minimum atomic E-state index is -1.03. The molecular formula is C11H14FNO3. The number of hydrogen-bond donors (Lipinski definition) is 3. The second kappa shape index (κ2) is 4.94. The number of nitrogens with two attached hydrogens (primary N) is 1. The fourth-order valence-electron chi connectivity index (χ4n) is 1.72. The van der Waals surface area contributed by atoms with E-state index >= 15 is 0 Å². The van der Waals surface area contributed by atoms with Crippen molar-refractivity contribution in [2.75, 3.05) is 6.54 Å². The fraction of sp³-hybridized carbons (Fsp3) is 0.364. The largest absolute Gasteiger partial charge is 0.508 e. The number of phenols is 1. The van der Waals surface area contributed by atoms with E-state index < -0.39 is 17.7 Å². The van der Waals surface area contributed by atoms with Crippen molar-refractivity contribution in [1.29, 1.82) is 0 Å². The quantitative estimate of drug-likeness (QED) is 0.725. The molecule has 1 atom stereocenters. The molecule has 88 valence electrons. The van der Waals surface area contributed by atoms with Crippen LogP contribution in [0.3, 0.4) is 0 Å². The molecule has 0 aliphatic heterocycles. The van der Waals surface area contributed by atoms with Gasteiger partial charge in [-0.15, -0.1) is 0 Å². The Labute approximate surface area is 92.5 Å². The van der Waals surface area contributed by atoms with Gasteiger partial charge in [0.15, 0.2) is 0 Å². The second-order valence-corrected chi connectivity index (χ2v) is 3.64. The lowest BCUT2D eigenvalue weighted by Gasteiger charge is -2.17. The van der Waals surface area contributed by atoms with Crippen molar-refractivity contribution >= 4 is 5.97 Å². The van der Waals surface area contributed by atoms with Crippen molar-refractivity contribution in [3.63, 3.8) is 0 Å². The topological polar surface area (TPSA) is 83.5 Å². The first-order valence-electron chi connectivity index (χ1n) is 4.87. The Morgan fingerprint density at radius 1 is 1.56 bits per heavy atom. The molecule has 0 aromatic heterocycles. The number of benzene rings is 1. The molecule has 1 rings (SSSR count). The number of aromatic hydroxyl groups is 1. The number of carboxylic acids is 1. The molecule has 1 aromatic rings. The number of aliphatic carboxylic acids is 1. The highest BCUT2D eigenvalue weighted by Crippen LogP contribution is 2.32. The van der Waals surface area contributed by atoms with E-state index in [1.54, 1.807) is 0 Å². The predicted molar refractivity (Wildman–Crippen MR) is 56.9 cm³/mol. The monoisotopic (exact) mass is 227 g/mol. The van der Waals surface area contributed by atoms with Crippen LogP contribution in [0, 0.1) is 12.7 Å². The standard InChI is InChI=1S/C11H14FNO3/c1-6-8(12)2-3-9(14)11(6)7(5-13)4-10(15)16/h2-3,7,14H,4-5,13H2,1H3,(H,15,16). The highest BCUT2D eigenvalue weighted by Gasteiger charge is 2.21. The summed E-state index contributed by atoms with van der Waals surface area (Å²) in [5.41, 5.74) is 5.97. The van der Waals surface area contributed by atoms with E-state index in [0.717, 1.165) is 6.07 Å². The van der Waals surface area contributed by atoms with Crippen molar-refractivity contribution in [3.8, 4) is 5.75 Å². The SMILES string of the molecule is Cc1c(F)ccc(O)c1C(CN)CC(=O)O. The van der Waals surface area contributed by atoms with Gasteiger partial charge in [-0.05, 0) is 31.2 Å². The van der Waals surface area contributed by atoms with E-state index in [4.69, 9.17) is 10.8 Å². The summed E-state index contributed by atoms with van der Waals surface area (Å²) in [6, 6.07) is 2.35. The van der Waals surface area contributed by atoms with Gasteiger partial charge in [0, 0.05) is 11.5 Å². The first-order chi connectivity index (χ1) is 7.47. The molecular weight excluding hydrogens is 213 g/mol. The van der Waals surface area contributed by atoms with Crippen LogP contribution in [0.25, 0.3) is 0 Å². The summed E-state index contributed by atoms with van der Waals surface area (Å²) in [6.45, 7) is 1.54. The molecule has 0 heterocycles. The van der Waals surface area contributed by atoms with Gasteiger partial charge in [0.25, 0.3) is 0 Å². The maximum atomic E-state index is 13.3. The number of carbonyl (C=O) groups is 1. The van der Waals surface area contributed by atoms with Crippen LogP contribution in [0.2, 0.25) is 0 Å². The Bertz CT molecular complexity index is 406. The van der Waals surface area contributed by atoms with Crippen LogP contribution in [0.15, 0.2) is 12.1 Å². The highest BCUT2D eigenvalue weighted by molar-refractivity contribution is 5.68.